The van der Waals surface area contributed by atoms with Crippen molar-refractivity contribution in [2.75, 3.05) is 33.0 Å². The molecule has 1 saturated heterocycles. The number of hydrogen-bond donors (Lipinski definition) is 2. The van der Waals surface area contributed by atoms with E-state index < -0.39 is 0 Å². The van der Waals surface area contributed by atoms with E-state index >= 15 is 0 Å². The van der Waals surface area contributed by atoms with Crippen LogP contribution < -0.4 is 15.8 Å². The van der Waals surface area contributed by atoms with Gasteiger partial charge in [-0.15, -0.1) is 0 Å². The first-order chi connectivity index (χ1) is 13.5. The van der Waals surface area contributed by atoms with Crippen LogP contribution in [0.15, 0.2) is 36.5 Å². The topological polar surface area (TPSA) is 89.7 Å². The maximum atomic E-state index is 12.8. The highest BCUT2D eigenvalue weighted by atomic mass is 35.5. The minimum absolute atomic E-state index is 0.112. The summed E-state index contributed by atoms with van der Waals surface area (Å²) >= 11 is 6.08. The average Bonchev–Trinajstić information content (AvgIpc) is 2.71. The number of ether oxygens (including phenoxy) is 2. The fraction of sp³-hybridized carbons (Fsp3) is 0.400. The lowest BCUT2D eigenvalue weighted by atomic mass is 10.0. The quantitative estimate of drug-likeness (QED) is 0.718. The van der Waals surface area contributed by atoms with Gasteiger partial charge in [0.05, 0.1) is 41.2 Å². The Kier molecular flexibility index (Phi) is 6.72. The van der Waals surface area contributed by atoms with Gasteiger partial charge in [0.1, 0.15) is 5.75 Å². The smallest absolute Gasteiger partial charge is 0.255 e. The van der Waals surface area contributed by atoms with Crippen LogP contribution in [0.1, 0.15) is 22.5 Å². The second-order valence-corrected chi connectivity index (χ2v) is 7.18. The second-order valence-electron chi connectivity index (χ2n) is 6.77. The van der Waals surface area contributed by atoms with Gasteiger partial charge in [-0.05, 0) is 24.6 Å². The SMILES string of the molecule is COc1cc(N)c(Cl)cc1C(=O)N[C@@H]1CCN(Cc2ccccn2)C[C@@H]1OC. The van der Waals surface area contributed by atoms with Gasteiger partial charge in [-0.1, -0.05) is 17.7 Å². The Hall–Kier alpha value is -2.35. The molecule has 8 heteroatoms. The summed E-state index contributed by atoms with van der Waals surface area (Å²) in [6.07, 6.45) is 2.43. The van der Waals surface area contributed by atoms with Crippen molar-refractivity contribution in [1.82, 2.24) is 15.2 Å². The molecular formula is C20H25ClN4O3. The Morgan fingerprint density at radius 3 is 2.89 bits per heavy atom. The van der Waals surface area contributed by atoms with Crippen LogP contribution in [0.4, 0.5) is 5.69 Å². The fourth-order valence-corrected chi connectivity index (χ4v) is 3.57. The maximum Gasteiger partial charge on any atom is 0.255 e. The Balaban J connectivity index is 1.66. The normalized spacial score (nSPS) is 20.0. The van der Waals surface area contributed by atoms with Crippen LogP contribution in [0.25, 0.3) is 0 Å². The monoisotopic (exact) mass is 404 g/mol. The highest BCUT2D eigenvalue weighted by Gasteiger charge is 2.31. The molecule has 1 aromatic carbocycles. The van der Waals surface area contributed by atoms with E-state index in [2.05, 4.69) is 15.2 Å². The Labute approximate surface area is 169 Å². The van der Waals surface area contributed by atoms with Crippen molar-refractivity contribution in [1.29, 1.82) is 0 Å². The number of carbonyl (C=O) groups excluding carboxylic acids is 1. The molecule has 28 heavy (non-hydrogen) atoms. The van der Waals surface area contributed by atoms with Gasteiger partial charge in [0.15, 0.2) is 0 Å². The summed E-state index contributed by atoms with van der Waals surface area (Å²) in [5.74, 6) is 0.130. The van der Waals surface area contributed by atoms with Crippen LogP contribution >= 0.6 is 11.6 Å². The molecule has 7 nitrogen and oxygen atoms in total. The van der Waals surface area contributed by atoms with E-state index in [4.69, 9.17) is 26.8 Å². The second kappa shape index (κ2) is 9.23. The number of likely N-dealkylation sites (tertiary alicyclic amines) is 1. The van der Waals surface area contributed by atoms with Crippen LogP contribution in [-0.2, 0) is 11.3 Å². The van der Waals surface area contributed by atoms with Crippen LogP contribution in [-0.4, -0.2) is 55.2 Å². The van der Waals surface area contributed by atoms with Gasteiger partial charge in [-0.25, -0.2) is 0 Å². The molecule has 1 aliphatic heterocycles. The van der Waals surface area contributed by atoms with E-state index in [1.165, 1.54) is 13.2 Å². The van der Waals surface area contributed by atoms with Crippen LogP contribution in [0.2, 0.25) is 5.02 Å². The number of anilines is 1. The van der Waals surface area contributed by atoms with Gasteiger partial charge in [0.2, 0.25) is 0 Å². The molecule has 150 valence electrons. The van der Waals surface area contributed by atoms with Crippen LogP contribution in [0.3, 0.4) is 0 Å². The number of nitrogens with zero attached hydrogens (tertiary/aromatic N) is 2. The predicted molar refractivity (Wildman–Crippen MR) is 109 cm³/mol. The molecule has 2 atom stereocenters. The minimum atomic E-state index is -0.260. The van der Waals surface area contributed by atoms with Crippen molar-refractivity contribution in [2.24, 2.45) is 0 Å². The van der Waals surface area contributed by atoms with Crippen molar-refractivity contribution in [3.8, 4) is 5.75 Å². The zero-order valence-corrected chi connectivity index (χ0v) is 16.8. The van der Waals surface area contributed by atoms with Crippen molar-refractivity contribution in [3.63, 3.8) is 0 Å². The summed E-state index contributed by atoms with van der Waals surface area (Å²) < 4.78 is 10.9. The molecule has 3 N–H and O–H groups in total. The van der Waals surface area contributed by atoms with Crippen LogP contribution in [0, 0.1) is 0 Å². The Bertz CT molecular complexity index is 819. The molecule has 0 bridgehead atoms. The average molecular weight is 405 g/mol. The summed E-state index contributed by atoms with van der Waals surface area (Å²) in [5.41, 5.74) is 7.53. The van der Waals surface area contributed by atoms with Crippen molar-refractivity contribution >= 4 is 23.2 Å². The number of nitrogens with two attached hydrogens (primary N) is 1. The van der Waals surface area contributed by atoms with Gasteiger partial charge < -0.3 is 20.5 Å². The Morgan fingerprint density at radius 1 is 1.39 bits per heavy atom. The van der Waals surface area contributed by atoms with Crippen molar-refractivity contribution in [2.45, 2.75) is 25.1 Å². The van der Waals surface area contributed by atoms with E-state index in [0.717, 1.165) is 25.2 Å². The first-order valence-corrected chi connectivity index (χ1v) is 9.48. The highest BCUT2D eigenvalue weighted by Crippen LogP contribution is 2.29. The third-order valence-electron chi connectivity index (χ3n) is 4.94. The number of amides is 1. The summed E-state index contributed by atoms with van der Waals surface area (Å²) in [6.45, 7) is 2.29. The number of methoxy groups -OCH3 is 2. The summed E-state index contributed by atoms with van der Waals surface area (Å²) in [7, 11) is 3.16. The van der Waals surface area contributed by atoms with Crippen molar-refractivity contribution < 1.29 is 14.3 Å². The molecular weight excluding hydrogens is 380 g/mol. The number of piperidine rings is 1. The number of aromatic nitrogens is 1. The zero-order valence-electron chi connectivity index (χ0n) is 16.0. The lowest BCUT2D eigenvalue weighted by Gasteiger charge is -2.38. The summed E-state index contributed by atoms with van der Waals surface area (Å²) in [5, 5.41) is 3.38. The number of nitrogens with one attached hydrogen (secondary N) is 1. The standard InChI is InChI=1S/C20H25ClN4O3/c1-27-18-10-16(22)15(21)9-14(18)20(26)24-17-6-8-25(12-19(17)28-2)11-13-5-3-4-7-23-13/h3-5,7,9-10,17,19H,6,8,11-12,22H2,1-2H3,(H,24,26)/t17-,19+/m1/s1. The fourth-order valence-electron chi connectivity index (χ4n) is 3.41. The Morgan fingerprint density at radius 2 is 2.21 bits per heavy atom. The van der Waals surface area contributed by atoms with Gasteiger partial charge in [-0.3, -0.25) is 14.7 Å². The molecule has 0 aliphatic carbocycles. The summed E-state index contributed by atoms with van der Waals surface area (Å²) in [4.78, 5) is 19.5. The molecule has 2 aromatic rings. The first-order valence-electron chi connectivity index (χ1n) is 9.10. The van der Waals surface area contributed by atoms with E-state index in [9.17, 15) is 4.79 Å². The molecule has 0 spiro atoms. The molecule has 1 aliphatic rings. The largest absolute Gasteiger partial charge is 0.496 e. The molecule has 1 aromatic heterocycles. The third-order valence-corrected chi connectivity index (χ3v) is 5.27. The molecule has 2 heterocycles. The van der Waals surface area contributed by atoms with E-state index in [0.29, 0.717) is 28.6 Å². The molecule has 0 unspecified atom stereocenters. The predicted octanol–water partition coefficient (Wildman–Crippen LogP) is 2.35. The number of carbonyl (C=O) groups is 1. The number of hydrogen-bond acceptors (Lipinski definition) is 6. The number of halogens is 1. The molecule has 3 rings (SSSR count). The zero-order chi connectivity index (χ0) is 20.1. The van der Waals surface area contributed by atoms with E-state index in [-0.39, 0.29) is 18.1 Å². The lowest BCUT2D eigenvalue weighted by molar-refractivity contribution is 0.00353. The van der Waals surface area contributed by atoms with Crippen molar-refractivity contribution in [3.05, 3.63) is 52.8 Å². The molecule has 1 fully saturated rings. The van der Waals surface area contributed by atoms with Crippen LogP contribution in [0.5, 0.6) is 5.75 Å². The van der Waals surface area contributed by atoms with Gasteiger partial charge >= 0.3 is 0 Å². The first kappa shape index (κ1) is 20.4. The molecule has 0 radical (unpaired) electrons. The number of benzene rings is 1. The van der Waals surface area contributed by atoms with Gasteiger partial charge in [-0.2, -0.15) is 0 Å². The lowest BCUT2D eigenvalue weighted by Crippen LogP contribution is -2.54. The summed E-state index contributed by atoms with van der Waals surface area (Å²) in [6, 6.07) is 8.87. The molecule has 0 saturated carbocycles. The molecule has 1 amide bonds. The van der Waals surface area contributed by atoms with Gasteiger partial charge in [0, 0.05) is 39.0 Å². The number of nitrogen functional groups attached to an aromatic ring is 1. The minimum Gasteiger partial charge on any atom is -0.496 e. The number of pyridine rings is 1. The number of rotatable bonds is 6. The third kappa shape index (κ3) is 4.73. The van der Waals surface area contributed by atoms with E-state index in [1.807, 2.05) is 18.2 Å². The van der Waals surface area contributed by atoms with E-state index in [1.54, 1.807) is 19.4 Å². The van der Waals surface area contributed by atoms with Gasteiger partial charge in [0.25, 0.3) is 5.91 Å². The maximum absolute atomic E-state index is 12.8. The highest BCUT2D eigenvalue weighted by molar-refractivity contribution is 6.33.